The lowest BCUT2D eigenvalue weighted by Crippen LogP contribution is -2.29. The van der Waals surface area contributed by atoms with Gasteiger partial charge >= 0.3 is 11.9 Å². The first-order valence-corrected chi connectivity index (χ1v) is 21.4. The Kier molecular flexibility index (Phi) is 40.0. The van der Waals surface area contributed by atoms with E-state index in [1.807, 2.05) is 0 Å². The van der Waals surface area contributed by atoms with E-state index in [4.69, 9.17) is 18.9 Å². The Labute approximate surface area is 320 Å². The fraction of sp³-hybridized carbons (Fsp3) is 0.864. The second-order valence-corrected chi connectivity index (χ2v) is 13.8. The Bertz CT molecular complexity index is 887. The van der Waals surface area contributed by atoms with Gasteiger partial charge in [0.25, 0.3) is 0 Å². The lowest BCUT2D eigenvalue weighted by Gasteiger charge is -2.21. The molecule has 0 spiro atoms. The summed E-state index contributed by atoms with van der Waals surface area (Å²) in [4.78, 5) is 26.7. The Morgan fingerprint density at radius 2 is 0.942 bits per heavy atom. The largest absolute Gasteiger partial charge is 0.466 e. The quantitative estimate of drug-likeness (QED) is 0.0292. The number of carbonyl (C=O) groups excluding carboxylic acids is 2. The van der Waals surface area contributed by atoms with Crippen LogP contribution in [-0.4, -0.2) is 80.9 Å². The molecule has 52 heavy (non-hydrogen) atoms. The van der Waals surface area contributed by atoms with Crippen molar-refractivity contribution in [1.29, 1.82) is 0 Å². The fourth-order valence-electron chi connectivity index (χ4n) is 5.62. The second-order valence-electron chi connectivity index (χ2n) is 13.8. The number of ether oxygens (including phenoxy) is 4. The highest BCUT2D eigenvalue weighted by molar-refractivity contribution is 5.69. The molecule has 0 atom stereocenters. The molecule has 0 aliphatic rings. The standard InChI is InChI=1S/C44H79NO7/c1-4-7-10-13-16-22-27-38-49-42(47)31-24-18-17-19-25-34-45(36-37-46)35-26-23-30-39-50-43(48)32-33-44(51-40-28-20-14-11-8-5-2)52-41-29-21-15-12-9-6-3/h44,46H,4-13,16-19,22-41H2,1-3H3. The van der Waals surface area contributed by atoms with Crippen molar-refractivity contribution >= 4 is 11.9 Å². The van der Waals surface area contributed by atoms with Crippen LogP contribution in [0.15, 0.2) is 0 Å². The molecular weight excluding hydrogens is 654 g/mol. The highest BCUT2D eigenvalue weighted by Gasteiger charge is 2.13. The first-order chi connectivity index (χ1) is 25.6. The summed E-state index contributed by atoms with van der Waals surface area (Å²) in [5.41, 5.74) is 0. The highest BCUT2D eigenvalue weighted by atomic mass is 16.7. The third kappa shape index (κ3) is 37.7. The molecule has 0 heterocycles. The van der Waals surface area contributed by atoms with Crippen LogP contribution in [0.3, 0.4) is 0 Å². The third-order valence-corrected chi connectivity index (χ3v) is 8.87. The minimum absolute atomic E-state index is 0.0527. The third-order valence-electron chi connectivity index (χ3n) is 8.87. The minimum Gasteiger partial charge on any atom is -0.466 e. The summed E-state index contributed by atoms with van der Waals surface area (Å²) < 4.78 is 22.7. The molecule has 8 nitrogen and oxygen atoms in total. The van der Waals surface area contributed by atoms with Crippen LogP contribution < -0.4 is 0 Å². The summed E-state index contributed by atoms with van der Waals surface area (Å²) in [6.45, 7) is 11.2. The van der Waals surface area contributed by atoms with E-state index in [2.05, 4.69) is 49.4 Å². The van der Waals surface area contributed by atoms with E-state index in [1.54, 1.807) is 0 Å². The molecule has 0 bridgehead atoms. The fourth-order valence-corrected chi connectivity index (χ4v) is 5.62. The van der Waals surface area contributed by atoms with E-state index in [1.165, 1.54) is 32.1 Å². The van der Waals surface area contributed by atoms with Gasteiger partial charge < -0.3 is 29.0 Å². The summed E-state index contributed by atoms with van der Waals surface area (Å²) >= 11 is 0. The molecule has 0 aromatic heterocycles. The molecule has 0 aromatic rings. The van der Waals surface area contributed by atoms with E-state index < -0.39 is 6.29 Å². The molecule has 0 fully saturated rings. The summed E-state index contributed by atoms with van der Waals surface area (Å²) in [5.74, 6) is 12.4. The number of nitrogens with zero attached hydrogens (tertiary/aromatic N) is 1. The lowest BCUT2D eigenvalue weighted by atomic mass is 10.1. The summed E-state index contributed by atoms with van der Waals surface area (Å²) in [5, 5.41) is 9.52. The van der Waals surface area contributed by atoms with Crippen molar-refractivity contribution in [1.82, 2.24) is 4.90 Å². The average Bonchev–Trinajstić information content (AvgIpc) is 3.14. The molecule has 0 saturated heterocycles. The van der Waals surface area contributed by atoms with Crippen LogP contribution in [-0.2, 0) is 28.5 Å². The molecule has 0 saturated carbocycles. The Balaban J connectivity index is 4.06. The number of rotatable bonds is 37. The molecule has 0 unspecified atom stereocenters. The van der Waals surface area contributed by atoms with Gasteiger partial charge in [0, 0.05) is 45.1 Å². The zero-order chi connectivity index (χ0) is 38.0. The van der Waals surface area contributed by atoms with Gasteiger partial charge in [0.2, 0.25) is 0 Å². The Morgan fingerprint density at radius 1 is 0.500 bits per heavy atom. The number of carbonyl (C=O) groups is 2. The van der Waals surface area contributed by atoms with Gasteiger partial charge in [-0.3, -0.25) is 9.59 Å². The smallest absolute Gasteiger partial charge is 0.305 e. The molecule has 0 aliphatic heterocycles. The number of hydrogen-bond acceptors (Lipinski definition) is 8. The van der Waals surface area contributed by atoms with Crippen molar-refractivity contribution in [2.75, 3.05) is 52.7 Å². The lowest BCUT2D eigenvalue weighted by molar-refractivity contribution is -0.157. The van der Waals surface area contributed by atoms with Gasteiger partial charge in [-0.05, 0) is 64.5 Å². The molecule has 0 rings (SSSR count). The van der Waals surface area contributed by atoms with Crippen molar-refractivity contribution in [2.45, 2.75) is 194 Å². The Hall–Kier alpha value is -2.10. The van der Waals surface area contributed by atoms with E-state index in [0.717, 1.165) is 116 Å². The maximum Gasteiger partial charge on any atom is 0.305 e. The van der Waals surface area contributed by atoms with Crippen LogP contribution in [0, 0.1) is 23.7 Å². The van der Waals surface area contributed by atoms with Gasteiger partial charge in [0.15, 0.2) is 6.29 Å². The molecule has 0 radical (unpaired) electrons. The van der Waals surface area contributed by atoms with E-state index in [0.29, 0.717) is 58.7 Å². The number of unbranched alkanes of at least 4 members (excludes halogenated alkanes) is 16. The van der Waals surface area contributed by atoms with Gasteiger partial charge in [0.1, 0.15) is 0 Å². The molecule has 8 heteroatoms. The van der Waals surface area contributed by atoms with Crippen LogP contribution in [0.5, 0.6) is 0 Å². The molecule has 1 N–H and O–H groups in total. The zero-order valence-corrected chi connectivity index (χ0v) is 34.0. The normalized spacial score (nSPS) is 11.0. The maximum atomic E-state index is 12.4. The van der Waals surface area contributed by atoms with Gasteiger partial charge in [-0.2, -0.15) is 0 Å². The van der Waals surface area contributed by atoms with Crippen molar-refractivity contribution in [3.63, 3.8) is 0 Å². The van der Waals surface area contributed by atoms with Crippen molar-refractivity contribution < 1.29 is 33.6 Å². The van der Waals surface area contributed by atoms with E-state index in [-0.39, 0.29) is 25.0 Å². The number of aliphatic hydroxyl groups excluding tert-OH is 1. The zero-order valence-electron chi connectivity index (χ0n) is 34.0. The summed E-state index contributed by atoms with van der Waals surface area (Å²) in [6.07, 6.45) is 25.1. The predicted octanol–water partition coefficient (Wildman–Crippen LogP) is 9.94. The molecule has 0 aromatic carbocycles. The number of hydrogen-bond donors (Lipinski definition) is 1. The number of aliphatic hydroxyl groups is 1. The molecule has 302 valence electrons. The first kappa shape index (κ1) is 49.9. The van der Waals surface area contributed by atoms with Gasteiger partial charge in [-0.15, -0.1) is 23.7 Å². The van der Waals surface area contributed by atoms with Crippen LogP contribution in [0.2, 0.25) is 0 Å². The Morgan fingerprint density at radius 3 is 1.48 bits per heavy atom. The van der Waals surface area contributed by atoms with E-state index >= 15 is 0 Å². The monoisotopic (exact) mass is 734 g/mol. The highest BCUT2D eigenvalue weighted by Crippen LogP contribution is 2.11. The number of esters is 2. The van der Waals surface area contributed by atoms with E-state index in [9.17, 15) is 14.7 Å². The average molecular weight is 734 g/mol. The van der Waals surface area contributed by atoms with Crippen LogP contribution in [0.1, 0.15) is 188 Å². The molecular formula is C44H79NO7. The van der Waals surface area contributed by atoms with Gasteiger partial charge in [0.05, 0.1) is 39.5 Å². The van der Waals surface area contributed by atoms with Crippen molar-refractivity contribution in [2.24, 2.45) is 0 Å². The predicted molar refractivity (Wildman–Crippen MR) is 214 cm³/mol. The van der Waals surface area contributed by atoms with Crippen molar-refractivity contribution in [3.8, 4) is 23.7 Å². The second kappa shape index (κ2) is 41.7. The van der Waals surface area contributed by atoms with Gasteiger partial charge in [-0.1, -0.05) is 91.4 Å². The molecule has 0 aliphatic carbocycles. The van der Waals surface area contributed by atoms with Gasteiger partial charge in [-0.25, -0.2) is 0 Å². The summed E-state index contributed by atoms with van der Waals surface area (Å²) in [6, 6.07) is 0. The minimum atomic E-state index is -0.465. The van der Waals surface area contributed by atoms with Crippen molar-refractivity contribution in [3.05, 3.63) is 0 Å². The van der Waals surface area contributed by atoms with Crippen LogP contribution >= 0.6 is 0 Å². The van der Waals surface area contributed by atoms with Crippen LogP contribution in [0.25, 0.3) is 0 Å². The topological polar surface area (TPSA) is 94.5 Å². The maximum absolute atomic E-state index is 12.4. The van der Waals surface area contributed by atoms with Crippen LogP contribution in [0.4, 0.5) is 0 Å². The molecule has 0 amide bonds. The first-order valence-electron chi connectivity index (χ1n) is 21.4. The SMILES string of the molecule is CCCCC#CCCOC(CCC(=O)OCCCCCN(CCO)CCCCCCCC(=O)OCCCCCCCCC)OCCC#CCCCC. The summed E-state index contributed by atoms with van der Waals surface area (Å²) in [7, 11) is 0.